The van der Waals surface area contributed by atoms with Gasteiger partial charge in [-0.2, -0.15) is 0 Å². The Hall–Kier alpha value is -1.39. The Kier molecular flexibility index (Phi) is 5.56. The fourth-order valence-electron chi connectivity index (χ4n) is 2.44. The Morgan fingerprint density at radius 1 is 1.35 bits per heavy atom. The van der Waals surface area contributed by atoms with Crippen LogP contribution in [0.3, 0.4) is 0 Å². The summed E-state index contributed by atoms with van der Waals surface area (Å²) in [6, 6.07) is 5.81. The van der Waals surface area contributed by atoms with Gasteiger partial charge in [0.05, 0.1) is 12.7 Å². The quantitative estimate of drug-likeness (QED) is 0.806. The third-order valence-corrected chi connectivity index (χ3v) is 3.88. The lowest BCUT2D eigenvalue weighted by molar-refractivity contribution is 0.0343. The molecule has 0 aliphatic carbocycles. The van der Waals surface area contributed by atoms with Crippen molar-refractivity contribution in [1.82, 2.24) is 10.6 Å². The van der Waals surface area contributed by atoms with Gasteiger partial charge in [0.15, 0.2) is 0 Å². The van der Waals surface area contributed by atoms with Crippen molar-refractivity contribution in [2.45, 2.75) is 32.8 Å². The summed E-state index contributed by atoms with van der Waals surface area (Å²) in [6.07, 6.45) is 2.46. The zero-order valence-corrected chi connectivity index (χ0v) is 12.4. The molecule has 0 aromatic heterocycles. The summed E-state index contributed by atoms with van der Waals surface area (Å²) in [7, 11) is 0. The van der Waals surface area contributed by atoms with Crippen LogP contribution < -0.4 is 10.6 Å². The standard InChI is InChI=1S/C16H24N2O2/c1-12-4-3-5-15(13(12)2)16(19)18-10-11-20-14-6-8-17-9-7-14/h3-5,14,17H,6-11H2,1-2H3,(H,18,19). The molecule has 1 aliphatic rings. The monoisotopic (exact) mass is 276 g/mol. The number of benzene rings is 1. The van der Waals surface area contributed by atoms with Crippen LogP contribution in [-0.4, -0.2) is 38.3 Å². The van der Waals surface area contributed by atoms with Crippen molar-refractivity contribution in [3.63, 3.8) is 0 Å². The zero-order valence-electron chi connectivity index (χ0n) is 12.4. The average Bonchev–Trinajstić information content (AvgIpc) is 2.47. The predicted molar refractivity (Wildman–Crippen MR) is 80.1 cm³/mol. The number of rotatable bonds is 5. The van der Waals surface area contributed by atoms with E-state index < -0.39 is 0 Å². The highest BCUT2D eigenvalue weighted by Gasteiger charge is 2.13. The van der Waals surface area contributed by atoms with E-state index in [0.717, 1.165) is 42.6 Å². The molecule has 0 atom stereocenters. The SMILES string of the molecule is Cc1cccc(C(=O)NCCOC2CCNCC2)c1C. The first-order chi connectivity index (χ1) is 9.68. The number of hydrogen-bond acceptors (Lipinski definition) is 3. The molecule has 4 heteroatoms. The highest BCUT2D eigenvalue weighted by atomic mass is 16.5. The van der Waals surface area contributed by atoms with Crippen molar-refractivity contribution in [2.24, 2.45) is 0 Å². The number of aryl methyl sites for hydroxylation is 1. The Balaban J connectivity index is 1.73. The van der Waals surface area contributed by atoms with Crippen LogP contribution in [0.25, 0.3) is 0 Å². The highest BCUT2D eigenvalue weighted by Crippen LogP contribution is 2.12. The molecule has 1 heterocycles. The molecule has 1 aliphatic heterocycles. The first kappa shape index (κ1) is 15.0. The second-order valence-corrected chi connectivity index (χ2v) is 5.32. The van der Waals surface area contributed by atoms with E-state index in [1.807, 2.05) is 32.0 Å². The highest BCUT2D eigenvalue weighted by molar-refractivity contribution is 5.95. The number of ether oxygens (including phenoxy) is 1. The van der Waals surface area contributed by atoms with E-state index in [2.05, 4.69) is 10.6 Å². The molecule has 0 spiro atoms. The van der Waals surface area contributed by atoms with Crippen molar-refractivity contribution < 1.29 is 9.53 Å². The van der Waals surface area contributed by atoms with Crippen LogP contribution >= 0.6 is 0 Å². The first-order valence-corrected chi connectivity index (χ1v) is 7.35. The van der Waals surface area contributed by atoms with Crippen molar-refractivity contribution in [3.8, 4) is 0 Å². The fraction of sp³-hybridized carbons (Fsp3) is 0.562. The lowest BCUT2D eigenvalue weighted by atomic mass is 10.0. The summed E-state index contributed by atoms with van der Waals surface area (Å²) in [5, 5.41) is 6.23. The van der Waals surface area contributed by atoms with Crippen LogP contribution in [0.1, 0.15) is 34.3 Å². The molecule has 1 amide bonds. The molecule has 2 N–H and O–H groups in total. The van der Waals surface area contributed by atoms with Crippen LogP contribution in [0.2, 0.25) is 0 Å². The summed E-state index contributed by atoms with van der Waals surface area (Å²) in [6.45, 7) is 7.21. The summed E-state index contributed by atoms with van der Waals surface area (Å²) in [4.78, 5) is 12.1. The van der Waals surface area contributed by atoms with Gasteiger partial charge in [-0.15, -0.1) is 0 Å². The zero-order chi connectivity index (χ0) is 14.4. The predicted octanol–water partition coefficient (Wildman–Crippen LogP) is 1.80. The lowest BCUT2D eigenvalue weighted by Gasteiger charge is -2.23. The van der Waals surface area contributed by atoms with Crippen LogP contribution in [0, 0.1) is 13.8 Å². The van der Waals surface area contributed by atoms with E-state index in [1.54, 1.807) is 0 Å². The number of carbonyl (C=O) groups excluding carboxylic acids is 1. The molecule has 0 bridgehead atoms. The average molecular weight is 276 g/mol. The molecule has 110 valence electrons. The maximum atomic E-state index is 12.1. The molecule has 1 saturated heterocycles. The minimum atomic E-state index is -0.0138. The third kappa shape index (κ3) is 4.05. The Morgan fingerprint density at radius 3 is 2.85 bits per heavy atom. The minimum absolute atomic E-state index is 0.0138. The molecule has 20 heavy (non-hydrogen) atoms. The van der Waals surface area contributed by atoms with Crippen LogP contribution in [0.15, 0.2) is 18.2 Å². The third-order valence-electron chi connectivity index (χ3n) is 3.88. The minimum Gasteiger partial charge on any atom is -0.376 e. The first-order valence-electron chi connectivity index (χ1n) is 7.35. The van der Waals surface area contributed by atoms with E-state index in [0.29, 0.717) is 19.3 Å². The van der Waals surface area contributed by atoms with Crippen molar-refractivity contribution in [2.75, 3.05) is 26.2 Å². The maximum Gasteiger partial charge on any atom is 0.251 e. The largest absolute Gasteiger partial charge is 0.376 e. The second kappa shape index (κ2) is 7.41. The van der Waals surface area contributed by atoms with E-state index in [-0.39, 0.29) is 5.91 Å². The summed E-state index contributed by atoms with van der Waals surface area (Å²) in [5.74, 6) is -0.0138. The van der Waals surface area contributed by atoms with Crippen LogP contribution in [0.5, 0.6) is 0 Å². The molecule has 4 nitrogen and oxygen atoms in total. The van der Waals surface area contributed by atoms with Gasteiger partial charge in [-0.05, 0) is 57.0 Å². The van der Waals surface area contributed by atoms with Crippen molar-refractivity contribution in [1.29, 1.82) is 0 Å². The van der Waals surface area contributed by atoms with Gasteiger partial charge in [0, 0.05) is 12.1 Å². The Labute approximate surface area is 120 Å². The maximum absolute atomic E-state index is 12.1. The molecular formula is C16H24N2O2. The van der Waals surface area contributed by atoms with Crippen molar-refractivity contribution in [3.05, 3.63) is 34.9 Å². The van der Waals surface area contributed by atoms with Gasteiger partial charge in [0.25, 0.3) is 5.91 Å². The normalized spacial score (nSPS) is 16.1. The number of amides is 1. The number of carbonyl (C=O) groups is 1. The number of nitrogens with one attached hydrogen (secondary N) is 2. The van der Waals surface area contributed by atoms with E-state index in [4.69, 9.17) is 4.74 Å². The Morgan fingerprint density at radius 2 is 2.10 bits per heavy atom. The number of piperidine rings is 1. The van der Waals surface area contributed by atoms with Gasteiger partial charge >= 0.3 is 0 Å². The van der Waals surface area contributed by atoms with Gasteiger partial charge < -0.3 is 15.4 Å². The molecule has 2 rings (SSSR count). The molecule has 1 aromatic carbocycles. The van der Waals surface area contributed by atoms with Crippen LogP contribution in [-0.2, 0) is 4.74 Å². The summed E-state index contributed by atoms with van der Waals surface area (Å²) >= 11 is 0. The van der Waals surface area contributed by atoms with Gasteiger partial charge in [-0.3, -0.25) is 4.79 Å². The molecule has 1 fully saturated rings. The lowest BCUT2D eigenvalue weighted by Crippen LogP contribution is -2.35. The topological polar surface area (TPSA) is 50.4 Å². The molecule has 0 saturated carbocycles. The second-order valence-electron chi connectivity index (χ2n) is 5.32. The molecule has 0 unspecified atom stereocenters. The van der Waals surface area contributed by atoms with Gasteiger partial charge in [0.1, 0.15) is 0 Å². The summed E-state index contributed by atoms with van der Waals surface area (Å²) < 4.78 is 5.77. The Bertz CT molecular complexity index is 454. The van der Waals surface area contributed by atoms with Gasteiger partial charge in [0.2, 0.25) is 0 Å². The van der Waals surface area contributed by atoms with E-state index in [1.165, 1.54) is 0 Å². The van der Waals surface area contributed by atoms with Crippen molar-refractivity contribution >= 4 is 5.91 Å². The molecular weight excluding hydrogens is 252 g/mol. The van der Waals surface area contributed by atoms with Gasteiger partial charge in [-0.1, -0.05) is 12.1 Å². The van der Waals surface area contributed by atoms with E-state index in [9.17, 15) is 4.79 Å². The summed E-state index contributed by atoms with van der Waals surface area (Å²) in [5.41, 5.74) is 2.94. The van der Waals surface area contributed by atoms with Crippen LogP contribution in [0.4, 0.5) is 0 Å². The molecule has 0 radical (unpaired) electrons. The smallest absolute Gasteiger partial charge is 0.251 e. The molecule has 1 aromatic rings. The van der Waals surface area contributed by atoms with Gasteiger partial charge in [-0.25, -0.2) is 0 Å². The fourth-order valence-corrected chi connectivity index (χ4v) is 2.44. The van der Waals surface area contributed by atoms with E-state index >= 15 is 0 Å². The number of hydrogen-bond donors (Lipinski definition) is 2.